The highest BCUT2D eigenvalue weighted by Crippen LogP contribution is 2.28. The van der Waals surface area contributed by atoms with E-state index in [0.717, 1.165) is 0 Å². The largest absolute Gasteiger partial charge is 0.573 e. The Morgan fingerprint density at radius 3 is 2.19 bits per heavy atom. The molecule has 0 fully saturated rings. The van der Waals surface area contributed by atoms with Crippen LogP contribution in [0.1, 0.15) is 17.3 Å². The minimum absolute atomic E-state index is 0.0109. The summed E-state index contributed by atoms with van der Waals surface area (Å²) in [6.45, 7) is 1.40. The van der Waals surface area contributed by atoms with E-state index in [1.54, 1.807) is 36.4 Å². The number of hydrogen-bond acceptors (Lipinski definition) is 9. The molecule has 2 aromatic heterocycles. The molecule has 0 spiro atoms. The van der Waals surface area contributed by atoms with E-state index < -0.39 is 16.4 Å². The van der Waals surface area contributed by atoms with E-state index in [1.165, 1.54) is 61.7 Å². The molecule has 14 heteroatoms. The van der Waals surface area contributed by atoms with Crippen molar-refractivity contribution in [2.75, 3.05) is 10.0 Å². The number of aromatic nitrogens is 3. The zero-order valence-corrected chi connectivity index (χ0v) is 22.4. The molecule has 214 valence electrons. The Balaban J connectivity index is 1.26. The lowest BCUT2D eigenvalue weighted by Crippen LogP contribution is -2.16. The normalized spacial score (nSPS) is 11.6. The smallest absolute Gasteiger partial charge is 0.406 e. The van der Waals surface area contributed by atoms with Gasteiger partial charge in [0.1, 0.15) is 11.6 Å². The van der Waals surface area contributed by atoms with Crippen molar-refractivity contribution >= 4 is 33.0 Å². The number of carbonyl (C=O) groups is 1. The molecule has 0 aliphatic heterocycles. The highest BCUT2D eigenvalue weighted by atomic mass is 32.2. The van der Waals surface area contributed by atoms with Crippen molar-refractivity contribution < 1.29 is 35.6 Å². The fraction of sp³-hybridized carbons (Fsp3) is 0.0714. The molecule has 0 unspecified atom stereocenters. The Bertz CT molecular complexity index is 1820. The van der Waals surface area contributed by atoms with Crippen LogP contribution in [0, 0.1) is 0 Å². The number of alkyl halides is 3. The summed E-state index contributed by atoms with van der Waals surface area (Å²) < 4.78 is 74.3. The van der Waals surface area contributed by atoms with Crippen LogP contribution in [0.3, 0.4) is 0 Å². The summed E-state index contributed by atoms with van der Waals surface area (Å²) >= 11 is 0. The highest BCUT2D eigenvalue weighted by molar-refractivity contribution is 7.92. The molecule has 0 amide bonds. The summed E-state index contributed by atoms with van der Waals surface area (Å²) in [6, 6.07) is 20.4. The number of sulfonamides is 1. The van der Waals surface area contributed by atoms with Crippen LogP contribution in [0.2, 0.25) is 0 Å². The molecule has 0 aliphatic rings. The number of benzene rings is 3. The highest BCUT2D eigenvalue weighted by Gasteiger charge is 2.31. The molecule has 2 heterocycles. The number of nitrogens with one attached hydrogen (secondary N) is 2. The average Bonchev–Trinajstić information content (AvgIpc) is 3.44. The minimum atomic E-state index is -4.78. The van der Waals surface area contributed by atoms with Gasteiger partial charge in [-0.05, 0) is 79.7 Å². The lowest BCUT2D eigenvalue weighted by Gasteiger charge is -2.10. The molecule has 0 atom stereocenters. The minimum Gasteiger partial charge on any atom is -0.406 e. The number of anilines is 3. The number of carbonyl (C=O) groups excluding carboxylic acids is 1. The van der Waals surface area contributed by atoms with Gasteiger partial charge in [0.05, 0.1) is 4.90 Å². The van der Waals surface area contributed by atoms with E-state index in [1.807, 2.05) is 0 Å². The summed E-state index contributed by atoms with van der Waals surface area (Å²) in [5.41, 5.74) is 2.28. The predicted octanol–water partition coefficient (Wildman–Crippen LogP) is 6.44. The van der Waals surface area contributed by atoms with Crippen molar-refractivity contribution in [1.29, 1.82) is 0 Å². The number of pyridine rings is 1. The zero-order chi connectivity index (χ0) is 29.9. The van der Waals surface area contributed by atoms with E-state index in [9.17, 15) is 26.4 Å². The van der Waals surface area contributed by atoms with Crippen LogP contribution >= 0.6 is 0 Å². The fourth-order valence-corrected chi connectivity index (χ4v) is 4.81. The van der Waals surface area contributed by atoms with Gasteiger partial charge in [-0.3, -0.25) is 9.52 Å². The van der Waals surface area contributed by atoms with Gasteiger partial charge < -0.3 is 14.6 Å². The summed E-state index contributed by atoms with van der Waals surface area (Å²) in [4.78, 5) is 20.0. The maximum atomic E-state index is 12.7. The van der Waals surface area contributed by atoms with Gasteiger partial charge in [-0.15, -0.1) is 13.2 Å². The molecule has 0 bridgehead atoms. The molecule has 0 saturated heterocycles. The molecular formula is C28H20F3N5O5S. The van der Waals surface area contributed by atoms with E-state index in [4.69, 9.17) is 4.52 Å². The predicted molar refractivity (Wildman–Crippen MR) is 147 cm³/mol. The third-order valence-electron chi connectivity index (χ3n) is 5.76. The van der Waals surface area contributed by atoms with Crippen molar-refractivity contribution in [3.8, 4) is 28.6 Å². The summed E-state index contributed by atoms with van der Waals surface area (Å²) in [7, 11) is -3.88. The topological polar surface area (TPSA) is 136 Å². The Labute approximate surface area is 237 Å². The molecule has 2 N–H and O–H groups in total. The first-order valence-electron chi connectivity index (χ1n) is 12.1. The van der Waals surface area contributed by atoms with Gasteiger partial charge in [-0.25, -0.2) is 13.4 Å². The SMILES string of the molecule is CC(=O)c1ccc(S(=O)(=O)Nc2ccc(-c3nc(-c4ccnc(Nc5ccc(OC(F)(F)F)cc5)c4)no3)cc2)cc1. The van der Waals surface area contributed by atoms with Crippen molar-refractivity contribution in [2.45, 2.75) is 18.2 Å². The third-order valence-corrected chi connectivity index (χ3v) is 7.16. The van der Waals surface area contributed by atoms with Gasteiger partial charge in [0, 0.05) is 34.3 Å². The molecular weight excluding hydrogens is 575 g/mol. The number of rotatable bonds is 9. The Morgan fingerprint density at radius 1 is 0.881 bits per heavy atom. The van der Waals surface area contributed by atoms with E-state index in [2.05, 4.69) is 29.9 Å². The molecule has 5 aromatic rings. The van der Waals surface area contributed by atoms with E-state index in [0.29, 0.717) is 33.9 Å². The Kier molecular flexibility index (Phi) is 7.63. The fourth-order valence-electron chi connectivity index (χ4n) is 3.75. The van der Waals surface area contributed by atoms with Gasteiger partial charge in [-0.2, -0.15) is 4.98 Å². The number of Topliss-reactive ketones (excluding diaryl/α,β-unsaturated/α-hetero) is 1. The molecule has 0 saturated carbocycles. The summed E-state index contributed by atoms with van der Waals surface area (Å²) in [5.74, 6) is 0.310. The first kappa shape index (κ1) is 28.3. The second-order valence-corrected chi connectivity index (χ2v) is 10.5. The lowest BCUT2D eigenvalue weighted by atomic mass is 10.2. The monoisotopic (exact) mass is 595 g/mol. The molecule has 3 aromatic carbocycles. The van der Waals surface area contributed by atoms with Crippen molar-refractivity contribution in [3.05, 3.63) is 96.7 Å². The second-order valence-electron chi connectivity index (χ2n) is 8.81. The van der Waals surface area contributed by atoms with Crippen LogP contribution in [0.4, 0.5) is 30.4 Å². The second kappa shape index (κ2) is 11.3. The number of nitrogens with zero attached hydrogens (tertiary/aromatic N) is 3. The molecule has 5 rings (SSSR count). The first-order valence-corrected chi connectivity index (χ1v) is 13.6. The zero-order valence-electron chi connectivity index (χ0n) is 21.6. The van der Waals surface area contributed by atoms with Gasteiger partial charge in [-0.1, -0.05) is 17.3 Å². The van der Waals surface area contributed by atoms with Crippen molar-refractivity contribution in [2.24, 2.45) is 0 Å². The number of hydrogen-bond donors (Lipinski definition) is 2. The maximum absolute atomic E-state index is 12.7. The van der Waals surface area contributed by atoms with Crippen LogP contribution in [0.15, 0.2) is 101 Å². The summed E-state index contributed by atoms with van der Waals surface area (Å²) in [6.07, 6.45) is -3.27. The number of ether oxygens (including phenoxy) is 1. The first-order chi connectivity index (χ1) is 19.9. The van der Waals surface area contributed by atoms with Gasteiger partial charge in [0.2, 0.25) is 5.82 Å². The molecule has 0 aliphatic carbocycles. The Morgan fingerprint density at radius 2 is 1.55 bits per heavy atom. The third kappa shape index (κ3) is 6.90. The van der Waals surface area contributed by atoms with Crippen LogP contribution in [-0.4, -0.2) is 35.7 Å². The quantitative estimate of drug-likeness (QED) is 0.184. The van der Waals surface area contributed by atoms with Crippen molar-refractivity contribution in [3.63, 3.8) is 0 Å². The standard InChI is InChI=1S/C28H20F3N5O5S/c1-17(37)18-4-12-24(13-5-18)42(38,39)36-22-6-2-19(3-7-22)27-34-26(35-41-27)20-14-15-32-25(16-20)33-21-8-10-23(11-9-21)40-28(29,30)31/h2-16,36H,1H3,(H,32,33). The van der Waals surface area contributed by atoms with Crippen LogP contribution in [0.25, 0.3) is 22.8 Å². The van der Waals surface area contributed by atoms with Gasteiger partial charge in [0.25, 0.3) is 15.9 Å². The lowest BCUT2D eigenvalue weighted by molar-refractivity contribution is -0.274. The maximum Gasteiger partial charge on any atom is 0.573 e. The Hall–Kier alpha value is -5.24. The van der Waals surface area contributed by atoms with Crippen LogP contribution in [-0.2, 0) is 10.0 Å². The number of halogens is 3. The molecule has 0 radical (unpaired) electrons. The van der Waals surface area contributed by atoms with Gasteiger partial charge in [0.15, 0.2) is 5.78 Å². The van der Waals surface area contributed by atoms with E-state index >= 15 is 0 Å². The van der Waals surface area contributed by atoms with E-state index in [-0.39, 0.29) is 28.1 Å². The van der Waals surface area contributed by atoms with Crippen molar-refractivity contribution in [1.82, 2.24) is 15.1 Å². The molecule has 42 heavy (non-hydrogen) atoms. The average molecular weight is 596 g/mol. The van der Waals surface area contributed by atoms with Crippen LogP contribution < -0.4 is 14.8 Å². The van der Waals surface area contributed by atoms with Crippen LogP contribution in [0.5, 0.6) is 5.75 Å². The molecule has 10 nitrogen and oxygen atoms in total. The number of ketones is 1. The summed E-state index contributed by atoms with van der Waals surface area (Å²) in [5, 5.41) is 6.98. The van der Waals surface area contributed by atoms with Gasteiger partial charge >= 0.3 is 6.36 Å².